The van der Waals surface area contributed by atoms with E-state index in [4.69, 9.17) is 10.5 Å². The Morgan fingerprint density at radius 2 is 1.88 bits per heavy atom. The van der Waals surface area contributed by atoms with Gasteiger partial charge in [-0.05, 0) is 55.0 Å². The first-order valence-electron chi connectivity index (χ1n) is 10.9. The Bertz CT molecular complexity index is 1260. The van der Waals surface area contributed by atoms with E-state index in [2.05, 4.69) is 4.98 Å². The monoisotopic (exact) mass is 479 g/mol. The standard InChI is InChI=1S/C23H27F2N3O4S/c1-2-33(30,31)28-5-3-15(4-6-28)21-12-27-22-19(21)10-18(11-20(22)23(26)29)32-13-14-7-16(24)9-17(25)8-14/h7-10,12,15,18,27H,2-6,11,13H2,1H3,(H2,26,29). The fourth-order valence-corrected chi connectivity index (χ4v) is 5.75. The van der Waals surface area contributed by atoms with Crippen LogP contribution in [0, 0.1) is 11.6 Å². The van der Waals surface area contributed by atoms with E-state index < -0.39 is 33.7 Å². The summed E-state index contributed by atoms with van der Waals surface area (Å²) in [6, 6.07) is 3.20. The molecule has 1 aliphatic carbocycles. The number of fused-ring (bicyclic) bond motifs is 1. The maximum Gasteiger partial charge on any atom is 0.246 e. The first kappa shape index (κ1) is 23.6. The molecular formula is C23H27F2N3O4S. The zero-order valence-corrected chi connectivity index (χ0v) is 19.1. The van der Waals surface area contributed by atoms with Crippen molar-refractivity contribution in [2.24, 2.45) is 5.73 Å². The van der Waals surface area contributed by atoms with Crippen LogP contribution in [0.15, 0.2) is 24.4 Å². The fraction of sp³-hybridized carbons (Fsp3) is 0.435. The predicted octanol–water partition coefficient (Wildman–Crippen LogP) is 1.23. The Labute approximate surface area is 191 Å². The summed E-state index contributed by atoms with van der Waals surface area (Å²) in [6.07, 6.45) is 4.82. The lowest BCUT2D eigenvalue weighted by Crippen LogP contribution is -2.42. The van der Waals surface area contributed by atoms with Crippen LogP contribution in [-0.4, -0.2) is 48.6 Å². The molecule has 0 radical (unpaired) electrons. The van der Waals surface area contributed by atoms with Crippen molar-refractivity contribution in [3.8, 4) is 0 Å². The molecule has 4 rings (SSSR count). The number of nitrogens with one attached hydrogen (secondary N) is 1. The van der Waals surface area contributed by atoms with Crippen LogP contribution < -0.4 is 16.3 Å². The summed E-state index contributed by atoms with van der Waals surface area (Å²) in [5.74, 6) is -1.73. The number of piperidine rings is 1. The maximum atomic E-state index is 13.5. The van der Waals surface area contributed by atoms with Gasteiger partial charge in [0.25, 0.3) is 0 Å². The number of nitrogens with two attached hydrogens (primary N) is 1. The minimum atomic E-state index is -3.22. The zero-order valence-electron chi connectivity index (χ0n) is 18.3. The molecule has 1 fully saturated rings. The molecule has 2 aliphatic rings. The predicted molar refractivity (Wildman–Crippen MR) is 120 cm³/mol. The Kier molecular flexibility index (Phi) is 6.69. The highest BCUT2D eigenvalue weighted by Gasteiger charge is 2.29. The number of amides is 1. The lowest BCUT2D eigenvalue weighted by Gasteiger charge is -2.31. The van der Waals surface area contributed by atoms with Crippen molar-refractivity contribution in [2.75, 3.05) is 18.8 Å². The normalized spacial score (nSPS) is 19.8. The van der Waals surface area contributed by atoms with Gasteiger partial charge in [0.15, 0.2) is 0 Å². The smallest absolute Gasteiger partial charge is 0.246 e. The Morgan fingerprint density at radius 1 is 1.21 bits per heavy atom. The van der Waals surface area contributed by atoms with E-state index in [1.54, 1.807) is 6.92 Å². The largest absolute Gasteiger partial charge is 0.369 e. The molecule has 10 heteroatoms. The molecule has 7 nitrogen and oxygen atoms in total. The number of primary amides is 1. The summed E-state index contributed by atoms with van der Waals surface area (Å²) in [5, 5.41) is 1.47. The van der Waals surface area contributed by atoms with Gasteiger partial charge in [0.2, 0.25) is 15.9 Å². The number of benzene rings is 1. The van der Waals surface area contributed by atoms with Crippen molar-refractivity contribution >= 4 is 27.6 Å². The van der Waals surface area contributed by atoms with Gasteiger partial charge in [-0.3, -0.25) is 4.79 Å². The first-order chi connectivity index (χ1) is 15.7. The van der Waals surface area contributed by atoms with Crippen LogP contribution in [-0.2, 0) is 26.2 Å². The van der Waals surface area contributed by atoms with Gasteiger partial charge in [-0.2, -0.15) is 0 Å². The van der Waals surface area contributed by atoms with Crippen LogP contribution >= 0.6 is 0 Å². The molecule has 1 aromatic carbocycles. The van der Waals surface area contributed by atoms with E-state index in [0.29, 0.717) is 42.4 Å². The Balaban J connectivity index is 1.58. The fourth-order valence-electron chi connectivity index (χ4n) is 4.62. The van der Waals surface area contributed by atoms with Crippen molar-refractivity contribution in [2.45, 2.75) is 44.8 Å². The molecule has 2 aromatic rings. The van der Waals surface area contributed by atoms with Crippen molar-refractivity contribution in [3.05, 3.63) is 57.7 Å². The van der Waals surface area contributed by atoms with Gasteiger partial charge in [-0.25, -0.2) is 21.5 Å². The van der Waals surface area contributed by atoms with Crippen molar-refractivity contribution in [3.63, 3.8) is 0 Å². The van der Waals surface area contributed by atoms with E-state index in [1.165, 1.54) is 16.4 Å². The Morgan fingerprint density at radius 3 is 2.48 bits per heavy atom. The third-order valence-corrected chi connectivity index (χ3v) is 8.23. The second-order valence-corrected chi connectivity index (χ2v) is 10.7. The summed E-state index contributed by atoms with van der Waals surface area (Å²) in [4.78, 5) is 15.3. The molecule has 178 valence electrons. The second kappa shape index (κ2) is 9.36. The van der Waals surface area contributed by atoms with Gasteiger partial charge >= 0.3 is 0 Å². The van der Waals surface area contributed by atoms with Crippen LogP contribution in [0.5, 0.6) is 0 Å². The molecule has 1 saturated heterocycles. The van der Waals surface area contributed by atoms with Gasteiger partial charge < -0.3 is 15.5 Å². The van der Waals surface area contributed by atoms with Crippen molar-refractivity contribution in [1.82, 2.24) is 9.29 Å². The first-order valence-corrected chi connectivity index (χ1v) is 12.6. The number of halogens is 2. The number of carbonyl (C=O) groups excluding carboxylic acids is 1. The van der Waals surface area contributed by atoms with E-state index >= 15 is 0 Å². The number of H-pyrrole nitrogens is 1. The number of nitrogens with zero attached hydrogens (tertiary/aromatic N) is 1. The molecule has 0 bridgehead atoms. The number of aromatic nitrogens is 1. The van der Waals surface area contributed by atoms with Crippen molar-refractivity contribution in [1.29, 1.82) is 0 Å². The summed E-state index contributed by atoms with van der Waals surface area (Å²) in [7, 11) is -3.22. The lowest BCUT2D eigenvalue weighted by atomic mass is 9.89. The molecule has 1 aromatic heterocycles. The van der Waals surface area contributed by atoms with Crippen LogP contribution in [0.4, 0.5) is 8.78 Å². The van der Waals surface area contributed by atoms with Crippen LogP contribution in [0.3, 0.4) is 0 Å². The third-order valence-electron chi connectivity index (χ3n) is 6.35. The quantitative estimate of drug-likeness (QED) is 0.623. The number of hydrogen-bond donors (Lipinski definition) is 2. The average Bonchev–Trinajstić information content (AvgIpc) is 3.20. The average molecular weight is 480 g/mol. The number of rotatable bonds is 7. The maximum absolute atomic E-state index is 13.5. The highest BCUT2D eigenvalue weighted by molar-refractivity contribution is 7.89. The molecule has 1 unspecified atom stereocenters. The molecule has 0 saturated carbocycles. The van der Waals surface area contributed by atoms with E-state index in [9.17, 15) is 22.0 Å². The highest BCUT2D eigenvalue weighted by atomic mass is 32.2. The lowest BCUT2D eigenvalue weighted by molar-refractivity contribution is -0.113. The molecule has 1 aliphatic heterocycles. The SMILES string of the molecule is CCS(=O)(=O)N1CCC(c2c[nH]c3c2=CC(OCc2cc(F)cc(F)c2)CC=3C(N)=O)CC1. The zero-order chi connectivity index (χ0) is 23.8. The van der Waals surface area contributed by atoms with Crippen LogP contribution in [0.2, 0.25) is 0 Å². The molecule has 33 heavy (non-hydrogen) atoms. The van der Waals surface area contributed by atoms with Crippen LogP contribution in [0.25, 0.3) is 11.6 Å². The van der Waals surface area contributed by atoms with E-state index in [1.807, 2.05) is 12.3 Å². The molecule has 0 spiro atoms. The molecule has 3 N–H and O–H groups in total. The van der Waals surface area contributed by atoms with Gasteiger partial charge in [0, 0.05) is 42.6 Å². The molecular weight excluding hydrogens is 452 g/mol. The van der Waals surface area contributed by atoms with Crippen molar-refractivity contribution < 1.29 is 26.7 Å². The third kappa shape index (κ3) is 5.02. The topological polar surface area (TPSA) is 105 Å². The minimum Gasteiger partial charge on any atom is -0.369 e. The number of sulfonamides is 1. The highest BCUT2D eigenvalue weighted by Crippen LogP contribution is 2.28. The second-order valence-electron chi connectivity index (χ2n) is 8.45. The summed E-state index contributed by atoms with van der Waals surface area (Å²) < 4.78 is 58.7. The Hall–Kier alpha value is -2.56. The summed E-state index contributed by atoms with van der Waals surface area (Å²) in [6.45, 7) is 2.50. The number of ether oxygens (including phenoxy) is 1. The number of carbonyl (C=O) groups is 1. The van der Waals surface area contributed by atoms with Gasteiger partial charge in [0.05, 0.1) is 23.8 Å². The molecule has 2 heterocycles. The van der Waals surface area contributed by atoms with Gasteiger partial charge in [0.1, 0.15) is 11.6 Å². The van der Waals surface area contributed by atoms with E-state index in [-0.39, 0.29) is 24.7 Å². The number of aromatic amines is 1. The number of hydrogen-bond acceptors (Lipinski definition) is 4. The van der Waals surface area contributed by atoms with Gasteiger partial charge in [-0.15, -0.1) is 0 Å². The summed E-state index contributed by atoms with van der Waals surface area (Å²) >= 11 is 0. The molecule has 1 atom stereocenters. The van der Waals surface area contributed by atoms with E-state index in [0.717, 1.165) is 16.8 Å². The minimum absolute atomic E-state index is 0.0236. The van der Waals surface area contributed by atoms with Crippen LogP contribution in [0.1, 0.15) is 43.2 Å². The molecule has 1 amide bonds. The van der Waals surface area contributed by atoms with Gasteiger partial charge in [-0.1, -0.05) is 0 Å². The summed E-state index contributed by atoms with van der Waals surface area (Å²) in [5.41, 5.74) is 7.37.